The highest BCUT2D eigenvalue weighted by Crippen LogP contribution is 2.32. The molecule has 62 valence electrons. The summed E-state index contributed by atoms with van der Waals surface area (Å²) in [6.07, 6.45) is 0. The molecule has 0 aliphatic rings. The van der Waals surface area contributed by atoms with E-state index in [2.05, 4.69) is 12.6 Å². The zero-order valence-corrected chi connectivity index (χ0v) is 7.75. The molecule has 4 heteroatoms. The first-order valence-corrected chi connectivity index (χ1v) is 4.61. The summed E-state index contributed by atoms with van der Waals surface area (Å²) in [6, 6.07) is 4.60. The molecule has 0 bridgehead atoms. The van der Waals surface area contributed by atoms with Crippen molar-refractivity contribution in [3.8, 4) is 0 Å². The van der Waals surface area contributed by atoms with Gasteiger partial charge in [0.05, 0.1) is 5.00 Å². The molecule has 1 aromatic carbocycles. The second-order valence-corrected chi connectivity index (χ2v) is 4.06. The van der Waals surface area contributed by atoms with E-state index in [4.69, 9.17) is 5.73 Å². The van der Waals surface area contributed by atoms with Crippen LogP contribution in [0.15, 0.2) is 23.1 Å². The Labute approximate surface area is 78.4 Å². The van der Waals surface area contributed by atoms with Gasteiger partial charge in [0.2, 0.25) is 0 Å². The van der Waals surface area contributed by atoms with Gasteiger partial charge in [0, 0.05) is 9.60 Å². The van der Waals surface area contributed by atoms with E-state index in [0.29, 0.717) is 9.90 Å². The third kappa shape index (κ3) is 1.17. The van der Waals surface area contributed by atoms with Crippen LogP contribution in [0.1, 0.15) is 0 Å². The lowest BCUT2D eigenvalue weighted by Crippen LogP contribution is -1.73. The standard InChI is InChI=1S/C8H6FNS2/c9-5-1-4-2-7(10)12-8(4)6(11)3-5/h1-3,11H,10H2. The molecule has 0 saturated carbocycles. The van der Waals surface area contributed by atoms with Crippen molar-refractivity contribution in [3.63, 3.8) is 0 Å². The van der Waals surface area contributed by atoms with Gasteiger partial charge in [-0.1, -0.05) is 0 Å². The maximum atomic E-state index is 12.8. The van der Waals surface area contributed by atoms with Crippen LogP contribution in [-0.4, -0.2) is 0 Å². The van der Waals surface area contributed by atoms with Crippen molar-refractivity contribution in [1.29, 1.82) is 0 Å². The predicted octanol–water partition coefficient (Wildman–Crippen LogP) is 2.91. The molecule has 0 aliphatic carbocycles. The molecule has 1 nitrogen and oxygen atoms in total. The third-order valence-electron chi connectivity index (χ3n) is 1.58. The smallest absolute Gasteiger partial charge is 0.125 e. The van der Waals surface area contributed by atoms with Gasteiger partial charge >= 0.3 is 0 Å². The summed E-state index contributed by atoms with van der Waals surface area (Å²) in [4.78, 5) is 0.645. The zero-order valence-electron chi connectivity index (χ0n) is 6.04. The summed E-state index contributed by atoms with van der Waals surface area (Å²) in [7, 11) is 0. The van der Waals surface area contributed by atoms with Gasteiger partial charge in [-0.2, -0.15) is 0 Å². The van der Waals surface area contributed by atoms with Gasteiger partial charge in [-0.25, -0.2) is 4.39 Å². The van der Waals surface area contributed by atoms with E-state index >= 15 is 0 Å². The van der Waals surface area contributed by atoms with E-state index in [1.54, 1.807) is 6.07 Å². The van der Waals surface area contributed by atoms with Crippen molar-refractivity contribution >= 4 is 39.1 Å². The van der Waals surface area contributed by atoms with Gasteiger partial charge in [-0.3, -0.25) is 0 Å². The average Bonchev–Trinajstić information content (AvgIpc) is 2.29. The fraction of sp³-hybridized carbons (Fsp3) is 0. The van der Waals surface area contributed by atoms with Gasteiger partial charge in [0.15, 0.2) is 0 Å². The SMILES string of the molecule is Nc1cc2cc(F)cc(S)c2s1. The Kier molecular flexibility index (Phi) is 1.73. The number of thiophene rings is 1. The minimum absolute atomic E-state index is 0.273. The minimum atomic E-state index is -0.273. The number of fused-ring (bicyclic) bond motifs is 1. The maximum absolute atomic E-state index is 12.8. The first kappa shape index (κ1) is 7.89. The van der Waals surface area contributed by atoms with Gasteiger partial charge in [-0.05, 0) is 23.6 Å². The molecular formula is C8H6FNS2. The monoisotopic (exact) mass is 199 g/mol. The highest BCUT2D eigenvalue weighted by Gasteiger charge is 2.04. The second-order valence-electron chi connectivity index (χ2n) is 2.49. The van der Waals surface area contributed by atoms with Gasteiger partial charge < -0.3 is 5.73 Å². The van der Waals surface area contributed by atoms with Crippen LogP contribution >= 0.6 is 24.0 Å². The Bertz CT molecular complexity index is 436. The predicted molar refractivity (Wildman–Crippen MR) is 53.4 cm³/mol. The summed E-state index contributed by atoms with van der Waals surface area (Å²) in [5.41, 5.74) is 5.57. The number of hydrogen-bond donors (Lipinski definition) is 2. The first-order valence-electron chi connectivity index (χ1n) is 3.34. The van der Waals surface area contributed by atoms with E-state index < -0.39 is 0 Å². The summed E-state index contributed by atoms with van der Waals surface area (Å²) in [5.74, 6) is -0.273. The number of halogens is 1. The zero-order chi connectivity index (χ0) is 8.72. The number of benzene rings is 1. The van der Waals surface area contributed by atoms with Crippen LogP contribution < -0.4 is 5.73 Å². The molecule has 0 aliphatic heterocycles. The number of thiol groups is 1. The number of nitrogen functional groups attached to an aromatic ring is 1. The fourth-order valence-electron chi connectivity index (χ4n) is 1.12. The molecule has 2 aromatic rings. The molecule has 12 heavy (non-hydrogen) atoms. The van der Waals surface area contributed by atoms with Crippen molar-refractivity contribution in [1.82, 2.24) is 0 Å². The highest BCUT2D eigenvalue weighted by molar-refractivity contribution is 7.80. The van der Waals surface area contributed by atoms with E-state index in [9.17, 15) is 4.39 Å². The fourth-order valence-corrected chi connectivity index (χ4v) is 2.33. The highest BCUT2D eigenvalue weighted by atomic mass is 32.1. The number of hydrogen-bond acceptors (Lipinski definition) is 3. The number of nitrogens with two attached hydrogens (primary N) is 1. The molecule has 0 radical (unpaired) electrons. The topological polar surface area (TPSA) is 26.0 Å². The lowest BCUT2D eigenvalue weighted by molar-refractivity contribution is 0.627. The minimum Gasteiger partial charge on any atom is -0.391 e. The van der Waals surface area contributed by atoms with Crippen molar-refractivity contribution in [2.75, 3.05) is 5.73 Å². The van der Waals surface area contributed by atoms with E-state index in [0.717, 1.165) is 10.1 Å². The summed E-state index contributed by atoms with van der Waals surface area (Å²) in [6.45, 7) is 0. The second kappa shape index (κ2) is 2.64. The molecule has 0 spiro atoms. The lowest BCUT2D eigenvalue weighted by atomic mass is 10.2. The summed E-state index contributed by atoms with van der Waals surface area (Å²) in [5, 5.41) is 1.51. The van der Waals surface area contributed by atoms with E-state index in [1.807, 2.05) is 0 Å². The van der Waals surface area contributed by atoms with Gasteiger partial charge in [0.25, 0.3) is 0 Å². The molecule has 0 saturated heterocycles. The van der Waals surface area contributed by atoms with Crippen molar-refractivity contribution in [2.45, 2.75) is 4.90 Å². The van der Waals surface area contributed by atoms with E-state index in [-0.39, 0.29) is 5.82 Å². The summed E-state index contributed by atoms with van der Waals surface area (Å²) >= 11 is 5.57. The molecule has 0 atom stereocenters. The molecule has 1 aromatic heterocycles. The van der Waals surface area contributed by atoms with Crippen LogP contribution in [0.4, 0.5) is 9.39 Å². The molecule has 0 amide bonds. The van der Waals surface area contributed by atoms with Crippen LogP contribution in [0, 0.1) is 5.82 Å². The number of anilines is 1. The molecule has 2 rings (SSSR count). The Hall–Kier alpha value is -0.740. The molecule has 0 fully saturated rings. The molecule has 0 unspecified atom stereocenters. The van der Waals surface area contributed by atoms with E-state index in [1.165, 1.54) is 23.5 Å². The van der Waals surface area contributed by atoms with Crippen LogP contribution in [0.2, 0.25) is 0 Å². The first-order chi connectivity index (χ1) is 5.66. The average molecular weight is 199 g/mol. The van der Waals surface area contributed by atoms with Gasteiger partial charge in [-0.15, -0.1) is 24.0 Å². The molecular weight excluding hydrogens is 193 g/mol. The third-order valence-corrected chi connectivity index (χ3v) is 3.10. The Morgan fingerprint density at radius 3 is 2.83 bits per heavy atom. The van der Waals surface area contributed by atoms with Crippen LogP contribution in [-0.2, 0) is 0 Å². The Morgan fingerprint density at radius 2 is 2.08 bits per heavy atom. The normalized spacial score (nSPS) is 10.8. The van der Waals surface area contributed by atoms with Crippen molar-refractivity contribution in [2.24, 2.45) is 0 Å². The van der Waals surface area contributed by atoms with Crippen LogP contribution in [0.25, 0.3) is 10.1 Å². The molecule has 1 heterocycles. The van der Waals surface area contributed by atoms with Crippen LogP contribution in [0.3, 0.4) is 0 Å². The van der Waals surface area contributed by atoms with Crippen LogP contribution in [0.5, 0.6) is 0 Å². The largest absolute Gasteiger partial charge is 0.391 e. The quantitative estimate of drug-likeness (QED) is 0.627. The lowest BCUT2D eigenvalue weighted by Gasteiger charge is -1.93. The maximum Gasteiger partial charge on any atom is 0.125 e. The Balaban J connectivity index is 2.88. The number of rotatable bonds is 0. The Morgan fingerprint density at radius 1 is 1.33 bits per heavy atom. The van der Waals surface area contributed by atoms with Gasteiger partial charge in [0.1, 0.15) is 5.82 Å². The summed E-state index contributed by atoms with van der Waals surface area (Å²) < 4.78 is 13.8. The van der Waals surface area contributed by atoms with Crippen molar-refractivity contribution < 1.29 is 4.39 Å². The molecule has 2 N–H and O–H groups in total. The van der Waals surface area contributed by atoms with Crippen molar-refractivity contribution in [3.05, 3.63) is 24.0 Å².